The van der Waals surface area contributed by atoms with E-state index in [4.69, 9.17) is 4.74 Å². The lowest BCUT2D eigenvalue weighted by molar-refractivity contribution is -0.142. The van der Waals surface area contributed by atoms with Crippen molar-refractivity contribution in [3.05, 3.63) is 54.6 Å². The Morgan fingerprint density at radius 1 is 1.06 bits per heavy atom. The fourth-order valence-corrected chi connectivity index (χ4v) is 3.39. The van der Waals surface area contributed by atoms with E-state index in [-0.39, 0.29) is 18.4 Å². The van der Waals surface area contributed by atoms with Crippen LogP contribution >= 0.6 is 0 Å². The highest BCUT2D eigenvalue weighted by molar-refractivity contribution is 5.97. The molecule has 0 atom stereocenters. The average Bonchev–Trinajstić information content (AvgIpc) is 3.21. The van der Waals surface area contributed by atoms with Gasteiger partial charge in [0.1, 0.15) is 5.52 Å². The maximum Gasteiger partial charge on any atom is 0.321 e. The molecule has 0 saturated carbocycles. The minimum Gasteiger partial charge on any atom is -0.466 e. The van der Waals surface area contributed by atoms with Crippen molar-refractivity contribution in [1.29, 1.82) is 0 Å². The van der Waals surface area contributed by atoms with E-state index < -0.39 is 0 Å². The standard InChI is InChI=1S/C23H23N7O3/c1-3-25-23(32)30-22-28-18-11-15(10-17(20(18)29-22)21-26-6-5-7-27-21)16-8-14(12-24-13-16)9-19(31)33-4-2/h5-8,10-13H,3-4,9H2,1-2H3,(H3,25,28,29,30,32). The number of hydrogen-bond acceptors (Lipinski definition) is 7. The molecule has 3 heterocycles. The Morgan fingerprint density at radius 3 is 2.64 bits per heavy atom. The number of rotatable bonds is 7. The summed E-state index contributed by atoms with van der Waals surface area (Å²) in [4.78, 5) is 44.5. The third-order valence-corrected chi connectivity index (χ3v) is 4.74. The zero-order valence-corrected chi connectivity index (χ0v) is 18.3. The predicted octanol–water partition coefficient (Wildman–Crippen LogP) is 3.33. The molecule has 0 saturated heterocycles. The summed E-state index contributed by atoms with van der Waals surface area (Å²) in [5.41, 5.74) is 4.39. The van der Waals surface area contributed by atoms with Crippen molar-refractivity contribution in [2.45, 2.75) is 20.3 Å². The molecule has 4 aromatic rings. The van der Waals surface area contributed by atoms with Gasteiger partial charge in [0.15, 0.2) is 5.82 Å². The maximum atomic E-state index is 12.0. The van der Waals surface area contributed by atoms with Crippen LogP contribution in [0.1, 0.15) is 19.4 Å². The van der Waals surface area contributed by atoms with Gasteiger partial charge in [0.05, 0.1) is 18.5 Å². The Morgan fingerprint density at radius 2 is 1.88 bits per heavy atom. The lowest BCUT2D eigenvalue weighted by Crippen LogP contribution is -2.28. The van der Waals surface area contributed by atoms with Crippen molar-refractivity contribution in [1.82, 2.24) is 30.2 Å². The van der Waals surface area contributed by atoms with Gasteiger partial charge in [-0.1, -0.05) is 0 Å². The molecular formula is C23H23N7O3. The Labute approximate surface area is 189 Å². The van der Waals surface area contributed by atoms with Crippen LogP contribution in [0.15, 0.2) is 49.1 Å². The van der Waals surface area contributed by atoms with Crippen LogP contribution in [0.5, 0.6) is 0 Å². The van der Waals surface area contributed by atoms with Crippen LogP contribution in [0.2, 0.25) is 0 Å². The molecule has 10 heteroatoms. The fraction of sp³-hybridized carbons (Fsp3) is 0.217. The second kappa shape index (κ2) is 9.86. The first-order valence-electron chi connectivity index (χ1n) is 10.5. The number of pyridine rings is 1. The van der Waals surface area contributed by atoms with Gasteiger partial charge >= 0.3 is 12.0 Å². The number of H-pyrrole nitrogens is 1. The van der Waals surface area contributed by atoms with Crippen molar-refractivity contribution in [2.75, 3.05) is 18.5 Å². The number of fused-ring (bicyclic) bond motifs is 1. The Balaban J connectivity index is 1.78. The van der Waals surface area contributed by atoms with Crippen molar-refractivity contribution < 1.29 is 14.3 Å². The van der Waals surface area contributed by atoms with Gasteiger partial charge < -0.3 is 15.0 Å². The molecule has 1 aromatic carbocycles. The second-order valence-corrected chi connectivity index (χ2v) is 7.13. The van der Waals surface area contributed by atoms with Gasteiger partial charge in [-0.05, 0) is 49.2 Å². The van der Waals surface area contributed by atoms with E-state index in [0.29, 0.717) is 41.5 Å². The summed E-state index contributed by atoms with van der Waals surface area (Å²) < 4.78 is 5.04. The minimum absolute atomic E-state index is 0.135. The maximum absolute atomic E-state index is 12.0. The number of benzene rings is 1. The molecule has 0 bridgehead atoms. The zero-order chi connectivity index (χ0) is 23.2. The van der Waals surface area contributed by atoms with E-state index in [1.54, 1.807) is 37.8 Å². The van der Waals surface area contributed by atoms with Gasteiger partial charge in [0.2, 0.25) is 5.95 Å². The zero-order valence-electron chi connectivity index (χ0n) is 18.3. The number of aromatic nitrogens is 5. The molecule has 2 amide bonds. The molecule has 0 aliphatic rings. The van der Waals surface area contributed by atoms with Crippen LogP contribution in [-0.4, -0.2) is 50.1 Å². The Kier molecular flexibility index (Phi) is 6.53. The number of hydrogen-bond donors (Lipinski definition) is 3. The number of imidazole rings is 1. The molecule has 10 nitrogen and oxygen atoms in total. The van der Waals surface area contributed by atoms with E-state index in [1.807, 2.05) is 25.1 Å². The number of anilines is 1. The molecule has 3 N–H and O–H groups in total. The summed E-state index contributed by atoms with van der Waals surface area (Å²) in [6, 6.07) is 7.10. The first kappa shape index (κ1) is 21.9. The first-order valence-corrected chi connectivity index (χ1v) is 10.5. The van der Waals surface area contributed by atoms with Gasteiger partial charge in [-0.15, -0.1) is 0 Å². The summed E-state index contributed by atoms with van der Waals surface area (Å²) in [5.74, 6) is 0.496. The lowest BCUT2D eigenvalue weighted by atomic mass is 10.0. The van der Waals surface area contributed by atoms with Crippen LogP contribution in [0.25, 0.3) is 33.5 Å². The summed E-state index contributed by atoms with van der Waals surface area (Å²) >= 11 is 0. The van der Waals surface area contributed by atoms with Gasteiger partial charge in [-0.25, -0.2) is 19.7 Å². The van der Waals surface area contributed by atoms with E-state index in [9.17, 15) is 9.59 Å². The number of esters is 1. The normalized spacial score (nSPS) is 10.7. The number of nitrogens with one attached hydrogen (secondary N) is 3. The number of carbonyl (C=O) groups is 2. The molecule has 33 heavy (non-hydrogen) atoms. The number of urea groups is 1. The largest absolute Gasteiger partial charge is 0.466 e. The molecule has 3 aromatic heterocycles. The summed E-state index contributed by atoms with van der Waals surface area (Å²) in [5, 5.41) is 5.36. The number of ether oxygens (including phenoxy) is 1. The third-order valence-electron chi connectivity index (χ3n) is 4.74. The van der Waals surface area contributed by atoms with Gasteiger partial charge in [-0.2, -0.15) is 0 Å². The van der Waals surface area contributed by atoms with Crippen LogP contribution in [-0.2, 0) is 16.0 Å². The average molecular weight is 445 g/mol. The molecular weight excluding hydrogens is 422 g/mol. The number of nitrogens with zero attached hydrogens (tertiary/aromatic N) is 4. The molecule has 0 spiro atoms. The summed E-state index contributed by atoms with van der Waals surface area (Å²) in [6.07, 6.45) is 6.81. The highest BCUT2D eigenvalue weighted by atomic mass is 16.5. The number of amides is 2. The molecule has 0 radical (unpaired) electrons. The van der Waals surface area contributed by atoms with Crippen LogP contribution in [0, 0.1) is 0 Å². The predicted molar refractivity (Wildman–Crippen MR) is 123 cm³/mol. The van der Waals surface area contributed by atoms with Crippen molar-refractivity contribution >= 4 is 29.0 Å². The van der Waals surface area contributed by atoms with Crippen LogP contribution in [0.4, 0.5) is 10.7 Å². The van der Waals surface area contributed by atoms with Crippen molar-refractivity contribution in [3.8, 4) is 22.5 Å². The molecule has 0 fully saturated rings. The molecule has 0 unspecified atom stereocenters. The van der Waals surface area contributed by atoms with E-state index in [1.165, 1.54) is 0 Å². The molecule has 0 aliphatic carbocycles. The summed E-state index contributed by atoms with van der Waals surface area (Å²) in [7, 11) is 0. The molecule has 0 aliphatic heterocycles. The SMILES string of the molecule is CCNC(=O)Nc1nc2c(-c3ncccn3)cc(-c3cncc(CC(=O)OCC)c3)cc2[nH]1. The highest BCUT2D eigenvalue weighted by Crippen LogP contribution is 2.32. The van der Waals surface area contributed by atoms with Crippen LogP contribution in [0.3, 0.4) is 0 Å². The Bertz CT molecular complexity index is 1290. The second-order valence-electron chi connectivity index (χ2n) is 7.13. The van der Waals surface area contributed by atoms with E-state index in [0.717, 1.165) is 16.7 Å². The van der Waals surface area contributed by atoms with Gasteiger partial charge in [0.25, 0.3) is 0 Å². The molecule has 4 rings (SSSR count). The number of carbonyl (C=O) groups excluding carboxylic acids is 2. The summed E-state index contributed by atoms with van der Waals surface area (Å²) in [6.45, 7) is 4.43. The smallest absolute Gasteiger partial charge is 0.321 e. The van der Waals surface area contributed by atoms with Crippen molar-refractivity contribution in [3.63, 3.8) is 0 Å². The topological polar surface area (TPSA) is 135 Å². The van der Waals surface area contributed by atoms with E-state index in [2.05, 4.69) is 35.6 Å². The van der Waals surface area contributed by atoms with Crippen molar-refractivity contribution in [2.24, 2.45) is 0 Å². The highest BCUT2D eigenvalue weighted by Gasteiger charge is 2.16. The third kappa shape index (κ3) is 5.12. The van der Waals surface area contributed by atoms with E-state index >= 15 is 0 Å². The lowest BCUT2D eigenvalue weighted by Gasteiger charge is -2.08. The number of aromatic amines is 1. The minimum atomic E-state index is -0.356. The van der Waals surface area contributed by atoms with Gasteiger partial charge in [0, 0.05) is 42.5 Å². The monoisotopic (exact) mass is 445 g/mol. The van der Waals surface area contributed by atoms with Gasteiger partial charge in [-0.3, -0.25) is 15.1 Å². The Hall–Kier alpha value is -4.34. The fourth-order valence-electron chi connectivity index (χ4n) is 3.39. The molecule has 168 valence electrons. The quantitative estimate of drug-likeness (QED) is 0.371. The first-order chi connectivity index (χ1) is 16.1. The van der Waals surface area contributed by atoms with Crippen LogP contribution < -0.4 is 10.6 Å².